The van der Waals surface area contributed by atoms with Crippen molar-refractivity contribution in [2.24, 2.45) is 5.92 Å². The van der Waals surface area contributed by atoms with Gasteiger partial charge in [-0.05, 0) is 45.2 Å². The van der Waals surface area contributed by atoms with Crippen molar-refractivity contribution >= 4 is 0 Å². The first-order valence-corrected chi connectivity index (χ1v) is 7.22. The van der Waals surface area contributed by atoms with E-state index < -0.39 is 0 Å². The average molecular weight is 248 g/mol. The number of hydrogen-bond acceptors (Lipinski definition) is 3. The van der Waals surface area contributed by atoms with Crippen molar-refractivity contribution in [3.63, 3.8) is 0 Å². The summed E-state index contributed by atoms with van der Waals surface area (Å²) in [5.74, 6) is 0.867. The minimum Gasteiger partial charge on any atom is -0.312 e. The first-order valence-electron chi connectivity index (χ1n) is 7.22. The summed E-state index contributed by atoms with van der Waals surface area (Å²) in [5.41, 5.74) is 1.21. The maximum atomic E-state index is 4.65. The van der Waals surface area contributed by atoms with E-state index >= 15 is 0 Å². The van der Waals surface area contributed by atoms with E-state index in [0.717, 1.165) is 18.5 Å². The van der Waals surface area contributed by atoms with E-state index in [1.807, 2.05) is 0 Å². The third-order valence-electron chi connectivity index (χ3n) is 4.25. The molecular formula is C14H24N4. The van der Waals surface area contributed by atoms with Crippen LogP contribution in [0.4, 0.5) is 0 Å². The molecule has 0 radical (unpaired) electrons. The van der Waals surface area contributed by atoms with E-state index in [4.69, 9.17) is 0 Å². The summed E-state index contributed by atoms with van der Waals surface area (Å²) < 4.78 is 2.05. The van der Waals surface area contributed by atoms with E-state index in [0.29, 0.717) is 6.04 Å². The van der Waals surface area contributed by atoms with Gasteiger partial charge >= 0.3 is 0 Å². The molecule has 0 aliphatic carbocycles. The fourth-order valence-electron chi connectivity index (χ4n) is 3.24. The Morgan fingerprint density at radius 3 is 3.06 bits per heavy atom. The molecule has 2 aliphatic rings. The summed E-state index contributed by atoms with van der Waals surface area (Å²) in [4.78, 5) is 2.56. The Balaban J connectivity index is 1.59. The molecule has 2 fully saturated rings. The normalized spacial score (nSPS) is 28.8. The first kappa shape index (κ1) is 12.2. The van der Waals surface area contributed by atoms with Gasteiger partial charge in [-0.1, -0.05) is 0 Å². The van der Waals surface area contributed by atoms with E-state index in [2.05, 4.69) is 46.1 Å². The second kappa shape index (κ2) is 5.02. The molecule has 2 saturated heterocycles. The number of aromatic nitrogens is 2. The van der Waals surface area contributed by atoms with Crippen molar-refractivity contribution in [1.29, 1.82) is 0 Å². The van der Waals surface area contributed by atoms with Crippen LogP contribution in [-0.2, 0) is 6.54 Å². The monoisotopic (exact) mass is 248 g/mol. The summed E-state index contributed by atoms with van der Waals surface area (Å²) in [6.07, 6.45) is 4.84. The predicted octanol–water partition coefficient (Wildman–Crippen LogP) is 1.65. The fraction of sp³-hybridized carbons (Fsp3) is 0.786. The molecule has 3 rings (SSSR count). The minimum atomic E-state index is 0.460. The molecule has 4 nitrogen and oxygen atoms in total. The lowest BCUT2D eigenvalue weighted by Gasteiger charge is -2.24. The SMILES string of the molecule is CC(C)n1ccc(CN2CC3CCCNC3C2)n1. The van der Waals surface area contributed by atoms with Gasteiger partial charge < -0.3 is 5.32 Å². The Hall–Kier alpha value is -0.870. The van der Waals surface area contributed by atoms with Crippen molar-refractivity contribution in [2.75, 3.05) is 19.6 Å². The smallest absolute Gasteiger partial charge is 0.0764 e. The molecule has 0 spiro atoms. The summed E-state index contributed by atoms with van der Waals surface area (Å²) >= 11 is 0. The highest BCUT2D eigenvalue weighted by Crippen LogP contribution is 2.25. The molecule has 18 heavy (non-hydrogen) atoms. The molecule has 4 heteroatoms. The third-order valence-corrected chi connectivity index (χ3v) is 4.25. The molecule has 3 heterocycles. The van der Waals surface area contributed by atoms with Crippen molar-refractivity contribution in [2.45, 2.75) is 45.3 Å². The van der Waals surface area contributed by atoms with Crippen molar-refractivity contribution in [1.82, 2.24) is 20.0 Å². The third kappa shape index (κ3) is 2.45. The lowest BCUT2D eigenvalue weighted by atomic mass is 9.94. The van der Waals surface area contributed by atoms with Crippen molar-refractivity contribution < 1.29 is 0 Å². The van der Waals surface area contributed by atoms with Gasteiger partial charge in [0.2, 0.25) is 0 Å². The van der Waals surface area contributed by atoms with Crippen LogP contribution in [0.25, 0.3) is 0 Å². The fourth-order valence-corrected chi connectivity index (χ4v) is 3.24. The van der Waals surface area contributed by atoms with Crippen LogP contribution in [0, 0.1) is 5.92 Å². The number of piperidine rings is 1. The van der Waals surface area contributed by atoms with Crippen LogP contribution in [0.3, 0.4) is 0 Å². The lowest BCUT2D eigenvalue weighted by Crippen LogP contribution is -2.40. The maximum absolute atomic E-state index is 4.65. The van der Waals surface area contributed by atoms with Crippen LogP contribution < -0.4 is 5.32 Å². The number of nitrogens with zero attached hydrogens (tertiary/aromatic N) is 3. The zero-order valence-corrected chi connectivity index (χ0v) is 11.5. The summed E-state index contributed by atoms with van der Waals surface area (Å²) in [6.45, 7) is 8.99. The van der Waals surface area contributed by atoms with Crippen LogP contribution in [0.2, 0.25) is 0 Å². The molecule has 1 N–H and O–H groups in total. The second-order valence-electron chi connectivity index (χ2n) is 6.04. The molecular weight excluding hydrogens is 224 g/mol. The Morgan fingerprint density at radius 2 is 2.33 bits per heavy atom. The molecule has 0 bridgehead atoms. The topological polar surface area (TPSA) is 33.1 Å². The van der Waals surface area contributed by atoms with Gasteiger partial charge in [-0.3, -0.25) is 9.58 Å². The highest BCUT2D eigenvalue weighted by atomic mass is 15.3. The summed E-state index contributed by atoms with van der Waals surface area (Å²) in [6, 6.07) is 3.35. The minimum absolute atomic E-state index is 0.460. The molecule has 2 atom stereocenters. The average Bonchev–Trinajstić information content (AvgIpc) is 2.94. The molecule has 2 aliphatic heterocycles. The molecule has 0 saturated carbocycles. The quantitative estimate of drug-likeness (QED) is 0.883. The van der Waals surface area contributed by atoms with Gasteiger partial charge in [-0.2, -0.15) is 5.10 Å². The van der Waals surface area contributed by atoms with Crippen LogP contribution in [0.5, 0.6) is 0 Å². The lowest BCUT2D eigenvalue weighted by molar-refractivity contribution is 0.307. The van der Waals surface area contributed by atoms with E-state index in [1.54, 1.807) is 0 Å². The summed E-state index contributed by atoms with van der Waals surface area (Å²) in [7, 11) is 0. The van der Waals surface area contributed by atoms with Gasteiger partial charge in [0, 0.05) is 37.9 Å². The Labute approximate surface area is 109 Å². The number of rotatable bonds is 3. The van der Waals surface area contributed by atoms with Crippen LogP contribution in [0.15, 0.2) is 12.3 Å². The second-order valence-corrected chi connectivity index (χ2v) is 6.04. The number of nitrogens with one attached hydrogen (secondary N) is 1. The maximum Gasteiger partial charge on any atom is 0.0764 e. The van der Waals surface area contributed by atoms with Crippen LogP contribution in [-0.4, -0.2) is 40.4 Å². The van der Waals surface area contributed by atoms with Gasteiger partial charge in [0.1, 0.15) is 0 Å². The number of hydrogen-bond donors (Lipinski definition) is 1. The molecule has 1 aromatic heterocycles. The predicted molar refractivity (Wildman–Crippen MR) is 72.4 cm³/mol. The zero-order valence-electron chi connectivity index (χ0n) is 11.5. The Morgan fingerprint density at radius 1 is 1.44 bits per heavy atom. The molecule has 0 aromatic carbocycles. The molecule has 100 valence electrons. The van der Waals surface area contributed by atoms with E-state index in [9.17, 15) is 0 Å². The van der Waals surface area contributed by atoms with Gasteiger partial charge in [-0.15, -0.1) is 0 Å². The number of likely N-dealkylation sites (tertiary alicyclic amines) is 1. The molecule has 1 aromatic rings. The van der Waals surface area contributed by atoms with Crippen LogP contribution >= 0.6 is 0 Å². The van der Waals surface area contributed by atoms with Gasteiger partial charge in [0.05, 0.1) is 5.69 Å². The Kier molecular flexibility index (Phi) is 3.39. The zero-order chi connectivity index (χ0) is 12.5. The van der Waals surface area contributed by atoms with Crippen molar-refractivity contribution in [3.05, 3.63) is 18.0 Å². The highest BCUT2D eigenvalue weighted by molar-refractivity contribution is 5.02. The van der Waals surface area contributed by atoms with Gasteiger partial charge in [0.15, 0.2) is 0 Å². The molecule has 2 unspecified atom stereocenters. The van der Waals surface area contributed by atoms with Crippen molar-refractivity contribution in [3.8, 4) is 0 Å². The standard InChI is InChI=1S/C14H24N4/c1-11(2)18-7-5-13(16-18)9-17-8-12-4-3-6-15-14(12)10-17/h5,7,11-12,14-15H,3-4,6,8-10H2,1-2H3. The Bertz CT molecular complexity index is 384. The van der Waals surface area contributed by atoms with Gasteiger partial charge in [0.25, 0.3) is 0 Å². The largest absolute Gasteiger partial charge is 0.312 e. The van der Waals surface area contributed by atoms with Crippen LogP contribution in [0.1, 0.15) is 38.4 Å². The number of fused-ring (bicyclic) bond motifs is 1. The van der Waals surface area contributed by atoms with E-state index in [-0.39, 0.29) is 0 Å². The molecule has 0 amide bonds. The summed E-state index contributed by atoms with van der Waals surface area (Å²) in [5, 5.41) is 8.30. The van der Waals surface area contributed by atoms with E-state index in [1.165, 1.54) is 38.2 Å². The van der Waals surface area contributed by atoms with Gasteiger partial charge in [-0.25, -0.2) is 0 Å². The highest BCUT2D eigenvalue weighted by Gasteiger charge is 2.34. The first-order chi connectivity index (χ1) is 8.72.